The van der Waals surface area contributed by atoms with Crippen LogP contribution < -0.4 is 0 Å². The van der Waals surface area contributed by atoms with Crippen LogP contribution in [0, 0.1) is 13.8 Å². The zero-order valence-corrected chi connectivity index (χ0v) is 8.39. The minimum Gasteiger partial charge on any atom is -0.238 e. The third-order valence-corrected chi connectivity index (χ3v) is 1.65. The first kappa shape index (κ1) is 9.46. The molecule has 66 valence electrons. The Morgan fingerprint density at radius 3 is 2.25 bits per heavy atom. The van der Waals surface area contributed by atoms with Crippen LogP contribution in [0.25, 0.3) is 0 Å². The van der Waals surface area contributed by atoms with Crippen LogP contribution in [0.15, 0.2) is 6.07 Å². The fourth-order valence-electron chi connectivity index (χ4n) is 1.14. The molecule has 0 spiro atoms. The summed E-state index contributed by atoms with van der Waals surface area (Å²) in [5.41, 5.74) is 2.02. The molecule has 0 bridgehead atoms. The van der Waals surface area contributed by atoms with Gasteiger partial charge in [-0.2, -0.15) is 0 Å². The molecule has 1 aromatic rings. The first-order valence-electron chi connectivity index (χ1n) is 4.03. The smallest absolute Gasteiger partial charge is 0.130 e. The lowest BCUT2D eigenvalue weighted by Crippen LogP contribution is -2.04. The molecule has 12 heavy (non-hydrogen) atoms. The van der Waals surface area contributed by atoms with Gasteiger partial charge in [-0.25, -0.2) is 9.97 Å². The summed E-state index contributed by atoms with van der Waals surface area (Å²) >= 11 is 5.84. The second-order valence-electron chi connectivity index (χ2n) is 3.05. The summed E-state index contributed by atoms with van der Waals surface area (Å²) < 4.78 is 0. The van der Waals surface area contributed by atoms with Gasteiger partial charge < -0.3 is 0 Å². The van der Waals surface area contributed by atoms with Crippen molar-refractivity contribution in [3.8, 4) is 0 Å². The summed E-state index contributed by atoms with van der Waals surface area (Å²) in [4.78, 5) is 8.56. The van der Waals surface area contributed by atoms with Crippen molar-refractivity contribution in [2.75, 3.05) is 0 Å². The first-order chi connectivity index (χ1) is 5.58. The monoisotopic (exact) mass is 184 g/mol. The standard InChI is InChI=1S/C9H13ClN2/c1-6(10)4-9-11-7(2)5-8(3)12-9/h5-6H,4H2,1-3H3. The number of nitrogens with zero attached hydrogens (tertiary/aromatic N) is 2. The zero-order chi connectivity index (χ0) is 9.14. The van der Waals surface area contributed by atoms with Gasteiger partial charge in [0.1, 0.15) is 5.82 Å². The molecular weight excluding hydrogens is 172 g/mol. The highest BCUT2D eigenvalue weighted by Gasteiger charge is 2.03. The summed E-state index contributed by atoms with van der Waals surface area (Å²) in [7, 11) is 0. The summed E-state index contributed by atoms with van der Waals surface area (Å²) in [6.45, 7) is 5.89. The Kier molecular flexibility index (Phi) is 3.04. The SMILES string of the molecule is Cc1cc(C)nc(CC(C)Cl)n1. The number of hydrogen-bond acceptors (Lipinski definition) is 2. The van der Waals surface area contributed by atoms with Gasteiger partial charge in [0.2, 0.25) is 0 Å². The Labute approximate surface area is 78.0 Å². The Bertz CT molecular complexity index is 251. The van der Waals surface area contributed by atoms with E-state index in [9.17, 15) is 0 Å². The predicted molar refractivity (Wildman–Crippen MR) is 50.5 cm³/mol. The van der Waals surface area contributed by atoms with Crippen molar-refractivity contribution in [3.63, 3.8) is 0 Å². The topological polar surface area (TPSA) is 25.8 Å². The molecule has 0 radical (unpaired) electrons. The van der Waals surface area contributed by atoms with Crippen LogP contribution >= 0.6 is 11.6 Å². The molecule has 1 unspecified atom stereocenters. The van der Waals surface area contributed by atoms with Crippen LogP contribution in [0.3, 0.4) is 0 Å². The van der Waals surface area contributed by atoms with Crippen molar-refractivity contribution in [2.45, 2.75) is 32.6 Å². The van der Waals surface area contributed by atoms with Crippen LogP contribution in [0.4, 0.5) is 0 Å². The van der Waals surface area contributed by atoms with E-state index in [1.807, 2.05) is 26.8 Å². The van der Waals surface area contributed by atoms with E-state index >= 15 is 0 Å². The Balaban J connectivity index is 2.85. The Morgan fingerprint density at radius 1 is 1.33 bits per heavy atom. The van der Waals surface area contributed by atoms with E-state index in [4.69, 9.17) is 11.6 Å². The Morgan fingerprint density at radius 2 is 1.83 bits per heavy atom. The van der Waals surface area contributed by atoms with Crippen LogP contribution in [0.1, 0.15) is 24.1 Å². The molecule has 0 aliphatic rings. The number of aryl methyl sites for hydroxylation is 2. The number of halogens is 1. The summed E-state index contributed by atoms with van der Waals surface area (Å²) in [6, 6.07) is 1.96. The van der Waals surface area contributed by atoms with Gasteiger partial charge >= 0.3 is 0 Å². The number of aromatic nitrogens is 2. The largest absolute Gasteiger partial charge is 0.238 e. The van der Waals surface area contributed by atoms with Crippen molar-refractivity contribution in [1.29, 1.82) is 0 Å². The lowest BCUT2D eigenvalue weighted by molar-refractivity contribution is 0.821. The molecule has 0 aromatic carbocycles. The second kappa shape index (κ2) is 3.85. The van der Waals surface area contributed by atoms with Gasteiger partial charge in [-0.3, -0.25) is 0 Å². The van der Waals surface area contributed by atoms with Crippen molar-refractivity contribution >= 4 is 11.6 Å². The van der Waals surface area contributed by atoms with Gasteiger partial charge in [0.05, 0.1) is 0 Å². The van der Waals surface area contributed by atoms with Gasteiger partial charge in [-0.05, 0) is 26.8 Å². The maximum atomic E-state index is 5.84. The number of hydrogen-bond donors (Lipinski definition) is 0. The molecule has 0 N–H and O–H groups in total. The normalized spacial score (nSPS) is 13.0. The summed E-state index contributed by atoms with van der Waals surface area (Å²) in [6.07, 6.45) is 0.740. The van der Waals surface area contributed by atoms with Gasteiger partial charge in [0.15, 0.2) is 0 Å². The van der Waals surface area contributed by atoms with E-state index in [1.165, 1.54) is 0 Å². The maximum absolute atomic E-state index is 5.84. The molecular formula is C9H13ClN2. The van der Waals surface area contributed by atoms with Crippen LogP contribution in [-0.2, 0) is 6.42 Å². The quantitative estimate of drug-likeness (QED) is 0.659. The predicted octanol–water partition coefficient (Wildman–Crippen LogP) is 2.26. The van der Waals surface area contributed by atoms with Crippen molar-refractivity contribution in [3.05, 3.63) is 23.3 Å². The molecule has 0 amide bonds. The van der Waals surface area contributed by atoms with E-state index in [-0.39, 0.29) is 5.38 Å². The average Bonchev–Trinajstić information content (AvgIpc) is 1.81. The minimum atomic E-state index is 0.103. The molecule has 0 fully saturated rings. The highest BCUT2D eigenvalue weighted by atomic mass is 35.5. The molecule has 0 aliphatic heterocycles. The van der Waals surface area contributed by atoms with E-state index < -0.39 is 0 Å². The first-order valence-corrected chi connectivity index (χ1v) is 4.47. The molecule has 1 heterocycles. The zero-order valence-electron chi connectivity index (χ0n) is 7.63. The third kappa shape index (κ3) is 2.78. The molecule has 0 aliphatic carbocycles. The lowest BCUT2D eigenvalue weighted by atomic mass is 10.3. The fourth-order valence-corrected chi connectivity index (χ4v) is 1.28. The molecule has 0 saturated carbocycles. The average molecular weight is 185 g/mol. The number of alkyl halides is 1. The molecule has 0 saturated heterocycles. The molecule has 2 nitrogen and oxygen atoms in total. The molecule has 3 heteroatoms. The van der Waals surface area contributed by atoms with E-state index in [0.29, 0.717) is 0 Å². The minimum absolute atomic E-state index is 0.103. The van der Waals surface area contributed by atoms with Gasteiger partial charge in [-0.15, -0.1) is 11.6 Å². The molecule has 1 rings (SSSR count). The van der Waals surface area contributed by atoms with Crippen LogP contribution in [-0.4, -0.2) is 15.3 Å². The summed E-state index contributed by atoms with van der Waals surface area (Å²) in [5, 5.41) is 0.103. The van der Waals surface area contributed by atoms with Gasteiger partial charge in [0, 0.05) is 23.2 Å². The second-order valence-corrected chi connectivity index (χ2v) is 3.80. The van der Waals surface area contributed by atoms with Gasteiger partial charge in [-0.1, -0.05) is 0 Å². The van der Waals surface area contributed by atoms with Crippen LogP contribution in [0.2, 0.25) is 0 Å². The number of rotatable bonds is 2. The van der Waals surface area contributed by atoms with Crippen molar-refractivity contribution in [2.24, 2.45) is 0 Å². The van der Waals surface area contributed by atoms with Crippen molar-refractivity contribution in [1.82, 2.24) is 9.97 Å². The lowest BCUT2D eigenvalue weighted by Gasteiger charge is -2.03. The Hall–Kier alpha value is -0.630. The molecule has 1 atom stereocenters. The maximum Gasteiger partial charge on any atom is 0.130 e. The van der Waals surface area contributed by atoms with Crippen molar-refractivity contribution < 1.29 is 0 Å². The van der Waals surface area contributed by atoms with E-state index in [1.54, 1.807) is 0 Å². The van der Waals surface area contributed by atoms with E-state index in [2.05, 4.69) is 9.97 Å². The summed E-state index contributed by atoms with van der Waals surface area (Å²) in [5.74, 6) is 0.843. The highest BCUT2D eigenvalue weighted by Crippen LogP contribution is 2.05. The molecule has 1 aromatic heterocycles. The van der Waals surface area contributed by atoms with E-state index in [0.717, 1.165) is 23.6 Å². The fraction of sp³-hybridized carbons (Fsp3) is 0.556. The highest BCUT2D eigenvalue weighted by molar-refractivity contribution is 6.20. The van der Waals surface area contributed by atoms with Crippen LogP contribution in [0.5, 0.6) is 0 Å². The third-order valence-electron chi connectivity index (χ3n) is 1.49. The van der Waals surface area contributed by atoms with Gasteiger partial charge in [0.25, 0.3) is 0 Å².